The van der Waals surface area contributed by atoms with Crippen molar-refractivity contribution in [2.24, 2.45) is 5.10 Å². The molecule has 2 aromatic rings. The molecule has 0 unspecified atom stereocenters. The van der Waals surface area contributed by atoms with Gasteiger partial charge in [0.05, 0.1) is 5.90 Å². The monoisotopic (exact) mass is 321 g/mol. The summed E-state index contributed by atoms with van der Waals surface area (Å²) in [7, 11) is 0. The number of nitrogens with one attached hydrogen (secondary N) is 1. The molecule has 24 heavy (non-hydrogen) atoms. The highest BCUT2D eigenvalue weighted by atomic mass is 16.3. The van der Waals surface area contributed by atoms with Gasteiger partial charge in [-0.3, -0.25) is 4.79 Å². The van der Waals surface area contributed by atoms with E-state index in [1.165, 1.54) is 0 Å². The molecule has 0 radical (unpaired) electrons. The summed E-state index contributed by atoms with van der Waals surface area (Å²) < 4.78 is 1.66. The highest BCUT2D eigenvalue weighted by molar-refractivity contribution is 5.97. The van der Waals surface area contributed by atoms with Crippen LogP contribution in [0.3, 0.4) is 0 Å². The van der Waals surface area contributed by atoms with Crippen LogP contribution in [0.1, 0.15) is 35.3 Å². The van der Waals surface area contributed by atoms with E-state index < -0.39 is 6.04 Å². The molecule has 0 saturated carbocycles. The van der Waals surface area contributed by atoms with Gasteiger partial charge in [0.1, 0.15) is 6.04 Å². The zero-order chi connectivity index (χ0) is 16.9. The van der Waals surface area contributed by atoms with Crippen LogP contribution in [0.2, 0.25) is 0 Å². The van der Waals surface area contributed by atoms with E-state index in [0.29, 0.717) is 5.56 Å². The summed E-state index contributed by atoms with van der Waals surface area (Å²) in [4.78, 5) is 12.5. The first-order valence-corrected chi connectivity index (χ1v) is 7.98. The zero-order valence-corrected chi connectivity index (χ0v) is 13.4. The fraction of sp³-hybridized carbons (Fsp3) is 0.211. The summed E-state index contributed by atoms with van der Waals surface area (Å²) in [5, 5.41) is 19.3. The summed E-state index contributed by atoms with van der Waals surface area (Å²) >= 11 is 0. The van der Waals surface area contributed by atoms with Crippen molar-refractivity contribution < 1.29 is 14.6 Å². The van der Waals surface area contributed by atoms with Gasteiger partial charge in [0, 0.05) is 17.5 Å². The molecule has 0 aromatic heterocycles. The van der Waals surface area contributed by atoms with E-state index in [9.17, 15) is 9.90 Å². The Bertz CT molecular complexity index is 770. The van der Waals surface area contributed by atoms with E-state index in [-0.39, 0.29) is 17.8 Å². The number of amides is 1. The third kappa shape index (κ3) is 3.20. The van der Waals surface area contributed by atoms with Crippen molar-refractivity contribution in [3.8, 4) is 0 Å². The van der Waals surface area contributed by atoms with Crippen LogP contribution < -0.4 is 10.4 Å². The van der Waals surface area contributed by atoms with E-state index >= 15 is 0 Å². The smallest absolute Gasteiger partial charge is 0.252 e. The maximum absolute atomic E-state index is 12.5. The van der Waals surface area contributed by atoms with E-state index in [1.54, 1.807) is 28.9 Å². The summed E-state index contributed by atoms with van der Waals surface area (Å²) in [6.45, 7) is 1.98. The van der Waals surface area contributed by atoms with E-state index in [4.69, 9.17) is 0 Å². The quantitative estimate of drug-likeness (QED) is 0.871. The fourth-order valence-electron chi connectivity index (χ4n) is 2.82. The predicted octanol–water partition coefficient (Wildman–Crippen LogP) is 1.71. The van der Waals surface area contributed by atoms with Crippen molar-refractivity contribution >= 4 is 18.0 Å². The molecule has 0 spiro atoms. The third-order valence-electron chi connectivity index (χ3n) is 3.91. The number of carbonyl (C=O) groups is 1. The Labute approximate surface area is 141 Å². The van der Waals surface area contributed by atoms with E-state index in [1.807, 2.05) is 49.5 Å². The minimum atomic E-state index is -0.706. The summed E-state index contributed by atoms with van der Waals surface area (Å²) in [6.07, 6.45) is 2.61. The average Bonchev–Trinajstić information content (AvgIpc) is 2.92. The van der Waals surface area contributed by atoms with Crippen LogP contribution in [-0.2, 0) is 0 Å². The van der Waals surface area contributed by atoms with Crippen LogP contribution in [0.5, 0.6) is 0 Å². The molecule has 3 rings (SSSR count). The second-order valence-corrected chi connectivity index (χ2v) is 5.58. The normalized spacial score (nSPS) is 21.5. The highest BCUT2D eigenvalue weighted by Crippen LogP contribution is 2.26. The Balaban J connectivity index is 1.91. The lowest BCUT2D eigenvalue weighted by Crippen LogP contribution is -2.47. The van der Waals surface area contributed by atoms with Gasteiger partial charge < -0.3 is 10.4 Å². The van der Waals surface area contributed by atoms with Crippen molar-refractivity contribution in [1.82, 2.24) is 5.32 Å². The first kappa shape index (κ1) is 15.9. The van der Waals surface area contributed by atoms with Crippen molar-refractivity contribution in [3.05, 3.63) is 71.8 Å². The molecule has 1 amide bonds. The summed E-state index contributed by atoms with van der Waals surface area (Å²) in [6, 6.07) is 17.5. The Morgan fingerprint density at radius 3 is 2.42 bits per heavy atom. The first-order valence-electron chi connectivity index (χ1n) is 7.98. The molecular formula is C19H19N3O2. The largest absolute Gasteiger partial charge is 0.856 e. The second-order valence-electron chi connectivity index (χ2n) is 5.58. The summed E-state index contributed by atoms with van der Waals surface area (Å²) in [5.74, 6) is -0.610. The predicted molar refractivity (Wildman–Crippen MR) is 90.9 cm³/mol. The second kappa shape index (κ2) is 7.08. The van der Waals surface area contributed by atoms with Gasteiger partial charge in [-0.2, -0.15) is 0 Å². The molecule has 2 aromatic carbocycles. The highest BCUT2D eigenvalue weighted by Gasteiger charge is 2.40. The molecule has 5 heteroatoms. The molecule has 0 saturated heterocycles. The number of nitrogens with zero attached hydrogens (tertiary/aromatic N) is 2. The molecule has 5 nitrogen and oxygen atoms in total. The molecule has 1 aliphatic heterocycles. The first-order chi connectivity index (χ1) is 11.7. The third-order valence-corrected chi connectivity index (χ3v) is 3.91. The van der Waals surface area contributed by atoms with Gasteiger partial charge in [-0.1, -0.05) is 60.1 Å². The van der Waals surface area contributed by atoms with E-state index in [0.717, 1.165) is 12.0 Å². The average molecular weight is 321 g/mol. The fourth-order valence-corrected chi connectivity index (χ4v) is 2.82. The van der Waals surface area contributed by atoms with Gasteiger partial charge in [0.25, 0.3) is 5.91 Å². The molecular weight excluding hydrogens is 302 g/mol. The maximum atomic E-state index is 12.5. The van der Waals surface area contributed by atoms with Crippen molar-refractivity contribution in [2.45, 2.75) is 25.4 Å². The topological polar surface area (TPSA) is 67.5 Å². The van der Waals surface area contributed by atoms with Gasteiger partial charge in [0.15, 0.2) is 6.21 Å². The number of hydrazone groups is 1. The molecule has 0 aliphatic carbocycles. The molecule has 0 bridgehead atoms. The molecule has 0 fully saturated rings. The van der Waals surface area contributed by atoms with E-state index in [2.05, 4.69) is 10.4 Å². The lowest BCUT2D eigenvalue weighted by atomic mass is 9.99. The van der Waals surface area contributed by atoms with Crippen LogP contribution in [0.25, 0.3) is 0 Å². The zero-order valence-electron chi connectivity index (χ0n) is 13.4. The number of hydrogen-bond donors (Lipinski definition) is 1. The Kier molecular flexibility index (Phi) is 4.70. The van der Waals surface area contributed by atoms with Crippen molar-refractivity contribution in [2.75, 3.05) is 0 Å². The number of hydrogen-bond acceptors (Lipinski definition) is 3. The van der Waals surface area contributed by atoms with Crippen LogP contribution >= 0.6 is 0 Å². The van der Waals surface area contributed by atoms with Crippen molar-refractivity contribution in [3.63, 3.8) is 0 Å². The number of rotatable bonds is 4. The molecule has 122 valence electrons. The minimum Gasteiger partial charge on any atom is -0.856 e. The molecule has 1 aliphatic rings. The van der Waals surface area contributed by atoms with Crippen LogP contribution in [0, 0.1) is 0 Å². The lowest BCUT2D eigenvalue weighted by Gasteiger charge is -2.20. The van der Waals surface area contributed by atoms with Crippen LogP contribution in [0.4, 0.5) is 0 Å². The molecule has 2 atom stereocenters. The summed E-state index contributed by atoms with van der Waals surface area (Å²) in [5.41, 5.74) is 1.46. The van der Waals surface area contributed by atoms with Gasteiger partial charge >= 0.3 is 0 Å². The van der Waals surface area contributed by atoms with Crippen LogP contribution in [0.15, 0.2) is 65.8 Å². The Hall–Kier alpha value is -2.95. The van der Waals surface area contributed by atoms with Crippen LogP contribution in [-0.4, -0.2) is 28.7 Å². The van der Waals surface area contributed by atoms with Gasteiger partial charge in [-0.25, -0.2) is 0 Å². The van der Waals surface area contributed by atoms with Crippen molar-refractivity contribution in [1.29, 1.82) is 0 Å². The van der Waals surface area contributed by atoms with Gasteiger partial charge in [0.2, 0.25) is 6.04 Å². The number of benzene rings is 2. The standard InChI is InChI=1S/C19H19N3O2/c1-2-13-22-17(14-9-5-3-6-10-14)16(19(24)21-22)20-18(23)15-11-7-4-8-12-15/h3-13,16-17H,2H2,1H3,(H-,20,21,23,24)/b22-13+/t16-,17-/m1/s1. The Morgan fingerprint density at radius 2 is 1.79 bits per heavy atom. The SMILES string of the molecule is CC/C=[N+]1/N=C([O-])[C@H](NC(=O)c2ccccc2)[C@H]1c1ccccc1. The lowest BCUT2D eigenvalue weighted by molar-refractivity contribution is -0.566. The maximum Gasteiger partial charge on any atom is 0.252 e. The van der Waals surface area contributed by atoms with Gasteiger partial charge in [-0.15, -0.1) is 0 Å². The molecule has 1 heterocycles. The minimum absolute atomic E-state index is 0.275. The Morgan fingerprint density at radius 1 is 1.17 bits per heavy atom. The molecule has 1 N–H and O–H groups in total. The number of carbonyl (C=O) groups excluding carboxylic acids is 1. The van der Waals surface area contributed by atoms with Gasteiger partial charge in [-0.05, 0) is 17.2 Å².